The van der Waals surface area contributed by atoms with Crippen LogP contribution >= 0.6 is 0 Å². The molecule has 10 amide bonds. The van der Waals surface area contributed by atoms with Crippen molar-refractivity contribution >= 4 is 87.9 Å². The van der Waals surface area contributed by atoms with Gasteiger partial charge in [0.05, 0.1) is 11.4 Å². The van der Waals surface area contributed by atoms with Crippen LogP contribution in [0.5, 0.6) is 0 Å². The van der Waals surface area contributed by atoms with Gasteiger partial charge >= 0.3 is 0 Å². The molecule has 0 saturated carbocycles. The van der Waals surface area contributed by atoms with Crippen LogP contribution in [0.4, 0.5) is 28.8 Å². The third kappa shape index (κ3) is 15.8. The van der Waals surface area contributed by atoms with Crippen LogP contribution in [0.15, 0.2) is 55.5 Å². The van der Waals surface area contributed by atoms with E-state index in [1.807, 2.05) is 0 Å². The van der Waals surface area contributed by atoms with Gasteiger partial charge in [-0.25, -0.2) is 19.9 Å². The third-order valence-corrected chi connectivity index (χ3v) is 11.3. The summed E-state index contributed by atoms with van der Waals surface area (Å²) in [5.41, 5.74) is 6.40. The Labute approximate surface area is 444 Å². The SMILES string of the molecule is Cn1cc(NC(=O)c2nc(NC(=O)CCNC(=O)c3nc(NC(=O)CCNC(=O)c4cc(NC(=O)c5nc(NC(=O)CCNC(=O)c6nccn6C)cn5C)cn4C)cn3C)cn2C)cc1C(=O)NCCC(=O)NCCCN. The summed E-state index contributed by atoms with van der Waals surface area (Å²) >= 11 is 0. The molecule has 12 N–H and O–H groups in total. The van der Waals surface area contributed by atoms with Crippen LogP contribution in [0.2, 0.25) is 0 Å². The van der Waals surface area contributed by atoms with Gasteiger partial charge < -0.3 is 86.3 Å². The van der Waals surface area contributed by atoms with E-state index >= 15 is 0 Å². The van der Waals surface area contributed by atoms with E-state index in [2.05, 4.69) is 73.1 Å². The molecule has 6 aromatic heterocycles. The zero-order valence-electron chi connectivity index (χ0n) is 43.6. The highest BCUT2D eigenvalue weighted by Crippen LogP contribution is 2.18. The molecule has 0 bridgehead atoms. The van der Waals surface area contributed by atoms with Gasteiger partial charge in [-0.05, 0) is 25.1 Å². The van der Waals surface area contributed by atoms with E-state index in [4.69, 9.17) is 5.73 Å². The Balaban J connectivity index is 0.876. The molecule has 78 heavy (non-hydrogen) atoms. The van der Waals surface area contributed by atoms with Crippen molar-refractivity contribution in [2.75, 3.05) is 65.9 Å². The maximum atomic E-state index is 13.1. The van der Waals surface area contributed by atoms with E-state index in [-0.39, 0.29) is 116 Å². The fraction of sp³-hybridized carbons (Fsp3) is 0.362. The molecule has 6 aromatic rings. The maximum Gasteiger partial charge on any atom is 0.291 e. The molecule has 0 aromatic carbocycles. The zero-order chi connectivity index (χ0) is 56.6. The fourth-order valence-corrected chi connectivity index (χ4v) is 7.42. The van der Waals surface area contributed by atoms with Crippen LogP contribution in [0, 0.1) is 0 Å². The summed E-state index contributed by atoms with van der Waals surface area (Å²) in [6.07, 6.45) is 10.8. The Morgan fingerprint density at radius 1 is 0.410 bits per heavy atom. The Bertz CT molecular complexity index is 3220. The van der Waals surface area contributed by atoms with Crippen molar-refractivity contribution in [2.24, 2.45) is 48.0 Å². The molecule has 0 radical (unpaired) electrons. The number of carbonyl (C=O) groups excluding carboxylic acids is 10. The van der Waals surface area contributed by atoms with Gasteiger partial charge in [0.15, 0.2) is 23.3 Å². The molecule has 0 aliphatic rings. The summed E-state index contributed by atoms with van der Waals surface area (Å²) < 4.78 is 8.71. The van der Waals surface area contributed by atoms with E-state index in [0.29, 0.717) is 25.2 Å². The largest absolute Gasteiger partial charge is 0.356 e. The van der Waals surface area contributed by atoms with Crippen molar-refractivity contribution < 1.29 is 47.9 Å². The highest BCUT2D eigenvalue weighted by molar-refractivity contribution is 6.05. The molecule has 414 valence electrons. The Morgan fingerprint density at radius 2 is 0.782 bits per heavy atom. The molecule has 6 rings (SSSR count). The van der Waals surface area contributed by atoms with Crippen LogP contribution in [-0.2, 0) is 61.5 Å². The predicted octanol–water partition coefficient (Wildman–Crippen LogP) is -1.34. The summed E-state index contributed by atoms with van der Waals surface area (Å²) in [7, 11) is 9.53. The lowest BCUT2D eigenvalue weighted by atomic mass is 10.3. The van der Waals surface area contributed by atoms with Crippen LogP contribution in [0.25, 0.3) is 0 Å². The highest BCUT2D eigenvalue weighted by atomic mass is 16.2. The van der Waals surface area contributed by atoms with Crippen LogP contribution in [0.1, 0.15) is 95.6 Å². The third-order valence-electron chi connectivity index (χ3n) is 11.3. The molecule has 31 nitrogen and oxygen atoms in total. The van der Waals surface area contributed by atoms with E-state index in [1.165, 1.54) is 79.2 Å². The van der Waals surface area contributed by atoms with Crippen molar-refractivity contribution in [2.45, 2.75) is 32.1 Å². The minimum atomic E-state index is -0.637. The lowest BCUT2D eigenvalue weighted by Gasteiger charge is -2.06. The topological polar surface area (TPSA) is 398 Å². The fourth-order valence-electron chi connectivity index (χ4n) is 7.42. The molecular formula is C47H61N21O10. The molecular weight excluding hydrogens is 1020 g/mol. The molecule has 0 atom stereocenters. The van der Waals surface area contributed by atoms with Gasteiger partial charge in [-0.15, -0.1) is 0 Å². The Hall–Kier alpha value is -9.94. The quantitative estimate of drug-likeness (QED) is 0.0280. The number of anilines is 5. The van der Waals surface area contributed by atoms with Crippen LogP contribution in [-0.4, -0.2) is 146 Å². The van der Waals surface area contributed by atoms with Crippen molar-refractivity contribution in [1.82, 2.24) is 73.9 Å². The van der Waals surface area contributed by atoms with Gasteiger partial charge in [0, 0.05) is 144 Å². The lowest BCUT2D eigenvalue weighted by molar-refractivity contribution is -0.121. The molecule has 31 heteroatoms. The second kappa shape index (κ2) is 26.5. The molecule has 0 fully saturated rings. The summed E-state index contributed by atoms with van der Waals surface area (Å²) in [6.45, 7) is 0.865. The van der Waals surface area contributed by atoms with Gasteiger partial charge in [0.25, 0.3) is 35.4 Å². The molecule has 0 aliphatic heterocycles. The average Bonchev–Trinajstić information content (AvgIpc) is 4.27. The lowest BCUT2D eigenvalue weighted by Crippen LogP contribution is -2.32. The number of hydrogen-bond donors (Lipinski definition) is 11. The van der Waals surface area contributed by atoms with E-state index < -0.39 is 53.2 Å². The summed E-state index contributed by atoms with van der Waals surface area (Å²) in [6, 6.07) is 2.89. The molecule has 6 heterocycles. The maximum absolute atomic E-state index is 13.1. The monoisotopic (exact) mass is 1080 g/mol. The summed E-state index contributed by atoms with van der Waals surface area (Å²) in [5, 5.41) is 26.3. The van der Waals surface area contributed by atoms with E-state index in [9.17, 15) is 47.9 Å². The predicted molar refractivity (Wildman–Crippen MR) is 280 cm³/mol. The van der Waals surface area contributed by atoms with Gasteiger partial charge in [-0.3, -0.25) is 47.9 Å². The average molecular weight is 1080 g/mol. The molecule has 0 unspecified atom stereocenters. The standard InChI is InChI=1S/C47H61N21O10/c1-63-19-18-50-38(63)44(75)53-16-10-36(71)58-32-25-67(5)40(61-32)47(78)56-28-21-30(65(3)23-28)43(74)52-15-9-35(70)57-31-24-66(4)39(60-31)45(76)54-17-11-37(72)59-33-26-68(6)41(62-33)46(77)55-27-20-29(64(2)22-27)42(73)51-14-8-34(69)49-13-7-12-48/h18-26H,7-17,48H2,1-6H3,(H,49,69)(H,51,73)(H,52,74)(H,53,75)(H,54,76)(H,55,77)(H,56,78)(H,57,70)(H,58,71)(H,59,72). The molecule has 0 aliphatic carbocycles. The van der Waals surface area contributed by atoms with E-state index in [0.717, 1.165) is 0 Å². The first-order valence-electron chi connectivity index (χ1n) is 24.2. The van der Waals surface area contributed by atoms with Crippen LogP contribution in [0.3, 0.4) is 0 Å². The molecule has 0 saturated heterocycles. The Morgan fingerprint density at radius 3 is 1.17 bits per heavy atom. The van der Waals surface area contributed by atoms with Gasteiger partial charge in [-0.2, -0.15) is 0 Å². The number of nitrogens with two attached hydrogens (primary N) is 1. The number of hydrogen-bond acceptors (Lipinski definition) is 15. The van der Waals surface area contributed by atoms with Crippen molar-refractivity contribution in [1.29, 1.82) is 0 Å². The van der Waals surface area contributed by atoms with Gasteiger partial charge in [0.2, 0.25) is 41.1 Å². The first-order chi connectivity index (χ1) is 37.2. The smallest absolute Gasteiger partial charge is 0.291 e. The minimum absolute atomic E-state index is 0.0397. The summed E-state index contributed by atoms with van der Waals surface area (Å²) in [5.74, 6) is -4.73. The number of aryl methyl sites for hydroxylation is 6. The highest BCUT2D eigenvalue weighted by Gasteiger charge is 2.22. The second-order valence-corrected chi connectivity index (χ2v) is 17.6. The number of amides is 10. The number of nitrogens with one attached hydrogen (secondary N) is 10. The van der Waals surface area contributed by atoms with Gasteiger partial charge in [0.1, 0.15) is 11.4 Å². The first-order valence-corrected chi connectivity index (χ1v) is 24.2. The van der Waals surface area contributed by atoms with Crippen molar-refractivity contribution in [3.05, 3.63) is 90.2 Å². The van der Waals surface area contributed by atoms with Gasteiger partial charge in [-0.1, -0.05) is 0 Å². The minimum Gasteiger partial charge on any atom is -0.356 e. The summed E-state index contributed by atoms with van der Waals surface area (Å²) in [4.78, 5) is 144. The van der Waals surface area contributed by atoms with E-state index in [1.54, 1.807) is 46.0 Å². The zero-order valence-corrected chi connectivity index (χ0v) is 43.6. The molecule has 0 spiro atoms. The van der Waals surface area contributed by atoms with Crippen LogP contribution < -0.4 is 58.9 Å². The number of carbonyl (C=O) groups is 10. The number of imidazole rings is 4. The van der Waals surface area contributed by atoms with Crippen molar-refractivity contribution in [3.63, 3.8) is 0 Å². The Kier molecular flexibility index (Phi) is 19.5. The van der Waals surface area contributed by atoms with Crippen molar-refractivity contribution in [3.8, 4) is 0 Å². The first kappa shape index (κ1) is 57.3. The number of nitrogens with zero attached hydrogens (tertiary/aromatic N) is 10. The number of rotatable bonds is 26. The normalized spacial score (nSPS) is 10.8. The number of aromatic nitrogens is 10. The second-order valence-electron chi connectivity index (χ2n) is 17.6.